The Morgan fingerprint density at radius 2 is 1.61 bits per heavy atom. The van der Waals surface area contributed by atoms with E-state index in [4.69, 9.17) is 19.0 Å². The Morgan fingerprint density at radius 3 is 2.24 bits per heavy atom. The third kappa shape index (κ3) is 6.94. The lowest BCUT2D eigenvalue weighted by atomic mass is 10.00. The molecule has 2 saturated heterocycles. The molecule has 11 atom stereocenters. The van der Waals surface area contributed by atoms with Crippen LogP contribution in [0.25, 0.3) is 11.3 Å². The summed E-state index contributed by atoms with van der Waals surface area (Å²) in [6, 6.07) is 2.88. The van der Waals surface area contributed by atoms with Crippen molar-refractivity contribution in [1.29, 1.82) is 0 Å². The lowest BCUT2D eigenvalue weighted by molar-refractivity contribution is -0.280. The van der Waals surface area contributed by atoms with Crippen LogP contribution in [0.3, 0.4) is 0 Å². The van der Waals surface area contributed by atoms with Crippen molar-refractivity contribution in [2.24, 2.45) is 0 Å². The second-order valence-corrected chi connectivity index (χ2v) is 11.8. The van der Waals surface area contributed by atoms with Crippen molar-refractivity contribution >= 4 is 15.6 Å². The Bertz CT molecular complexity index is 1410. The third-order valence-electron chi connectivity index (χ3n) is 6.06. The van der Waals surface area contributed by atoms with Crippen LogP contribution in [0.15, 0.2) is 38.6 Å². The summed E-state index contributed by atoms with van der Waals surface area (Å²) in [7, 11) is -11.2. The summed E-state index contributed by atoms with van der Waals surface area (Å²) in [5, 5.41) is 59.3. The number of hydrogen-bond acceptors (Lipinski definition) is 16. The van der Waals surface area contributed by atoms with Gasteiger partial charge in [0.25, 0.3) is 5.56 Å². The Morgan fingerprint density at radius 1 is 0.927 bits per heavy atom. The molecule has 0 radical (unpaired) electrons. The summed E-state index contributed by atoms with van der Waals surface area (Å²) < 4.78 is 53.8. The van der Waals surface area contributed by atoms with Gasteiger partial charge in [0.15, 0.2) is 12.5 Å². The first-order valence-corrected chi connectivity index (χ1v) is 14.5. The molecule has 0 amide bonds. The van der Waals surface area contributed by atoms with Gasteiger partial charge in [0.2, 0.25) is 0 Å². The molecular formula is C19H26N2O18P2. The van der Waals surface area contributed by atoms with Crippen molar-refractivity contribution in [3.05, 3.63) is 45.4 Å². The van der Waals surface area contributed by atoms with Gasteiger partial charge in [0, 0.05) is 6.20 Å². The van der Waals surface area contributed by atoms with Crippen LogP contribution in [0.4, 0.5) is 0 Å². The molecule has 3 unspecified atom stereocenters. The third-order valence-corrected chi connectivity index (χ3v) is 8.66. The number of phosphoric ester groups is 2. The number of phosphoric acid groups is 2. The number of hydrogen-bond donors (Lipinski definition) is 9. The van der Waals surface area contributed by atoms with Gasteiger partial charge in [0.05, 0.1) is 25.0 Å². The van der Waals surface area contributed by atoms with E-state index in [2.05, 4.69) is 13.4 Å². The van der Waals surface area contributed by atoms with E-state index in [1.165, 1.54) is 18.4 Å². The highest BCUT2D eigenvalue weighted by Crippen LogP contribution is 2.61. The van der Waals surface area contributed by atoms with E-state index in [1.807, 2.05) is 4.98 Å². The number of aromatic amines is 1. The number of aromatic nitrogens is 2. The first-order valence-electron chi connectivity index (χ1n) is 11.6. The zero-order valence-electron chi connectivity index (χ0n) is 20.4. The molecule has 0 spiro atoms. The second-order valence-electron chi connectivity index (χ2n) is 8.85. The van der Waals surface area contributed by atoms with Crippen LogP contribution in [0.1, 0.15) is 6.23 Å². The fourth-order valence-electron chi connectivity index (χ4n) is 4.00. The van der Waals surface area contributed by atoms with Gasteiger partial charge in [0.1, 0.15) is 48.5 Å². The van der Waals surface area contributed by atoms with Crippen LogP contribution in [-0.4, -0.2) is 112 Å². The minimum absolute atomic E-state index is 0.0608. The lowest BCUT2D eigenvalue weighted by Crippen LogP contribution is -2.58. The van der Waals surface area contributed by atoms with Gasteiger partial charge >= 0.3 is 21.3 Å². The SMILES string of the molecule is O=c1[nH]c(=O)n([C@@H]2O[C@H](COP(=O)(O)OP(=O)(O)O[C@H]3O[C@H](CO)[C@H](O)[C@H](O)[C@H]3O)[C@H](O)C2O)cc1-c1ccco1. The van der Waals surface area contributed by atoms with E-state index >= 15 is 0 Å². The zero-order valence-corrected chi connectivity index (χ0v) is 22.2. The molecule has 0 saturated carbocycles. The zero-order chi connectivity index (χ0) is 30.3. The number of rotatable bonds is 10. The van der Waals surface area contributed by atoms with Crippen molar-refractivity contribution in [3.63, 3.8) is 0 Å². The van der Waals surface area contributed by atoms with E-state index in [9.17, 15) is 54.0 Å². The summed E-state index contributed by atoms with van der Waals surface area (Å²) in [5.41, 5.74) is -2.01. The smallest absolute Gasteiger partial charge is 0.464 e. The number of aliphatic hydroxyl groups is 6. The molecule has 4 heterocycles. The standard InChI is InChI=1S/C19H26N2O18P2/c22-5-9-11(23)13(25)15(27)18(37-9)38-41(32,33)39-40(30,31)35-6-10-12(24)14(26)17(36-10)21-4-7(8-2-1-3-34-8)16(28)20-19(21)29/h1-4,9-15,17-18,22-27H,5-6H2,(H,30,31)(H,32,33)(H,20,28,29)/t9-,10-,11+,12+,13+,14?,15-,17-,18-/m1/s1. The highest BCUT2D eigenvalue weighted by Gasteiger charge is 2.49. The highest BCUT2D eigenvalue weighted by molar-refractivity contribution is 7.61. The van der Waals surface area contributed by atoms with Gasteiger partial charge in [-0.1, -0.05) is 0 Å². The van der Waals surface area contributed by atoms with Crippen molar-refractivity contribution in [1.82, 2.24) is 9.55 Å². The molecule has 2 aromatic heterocycles. The number of ether oxygens (including phenoxy) is 2. The molecule has 2 aliphatic rings. The Balaban J connectivity index is 1.41. The maximum atomic E-state index is 12.4. The van der Waals surface area contributed by atoms with Crippen molar-refractivity contribution < 1.29 is 76.8 Å². The quantitative estimate of drug-likeness (QED) is 0.115. The molecule has 2 fully saturated rings. The van der Waals surface area contributed by atoms with Crippen LogP contribution in [0.5, 0.6) is 0 Å². The Kier molecular flexibility index (Phi) is 9.51. The number of furan rings is 1. The van der Waals surface area contributed by atoms with Crippen molar-refractivity contribution in [2.45, 2.75) is 55.2 Å². The van der Waals surface area contributed by atoms with E-state index in [1.54, 1.807) is 0 Å². The Hall–Kier alpha value is -2.10. The molecule has 230 valence electrons. The van der Waals surface area contributed by atoms with E-state index < -0.39 is 95.4 Å². The average molecular weight is 632 g/mol. The van der Waals surface area contributed by atoms with Crippen LogP contribution in [-0.2, 0) is 32.0 Å². The summed E-state index contributed by atoms with van der Waals surface area (Å²) in [5.74, 6) is 0.0608. The molecule has 41 heavy (non-hydrogen) atoms. The second kappa shape index (κ2) is 12.3. The summed E-state index contributed by atoms with van der Waals surface area (Å²) in [4.78, 5) is 46.3. The van der Waals surface area contributed by atoms with Crippen LogP contribution >= 0.6 is 15.6 Å². The first kappa shape index (κ1) is 31.8. The summed E-state index contributed by atoms with van der Waals surface area (Å²) >= 11 is 0. The molecule has 2 aliphatic heterocycles. The van der Waals surface area contributed by atoms with E-state index in [0.717, 1.165) is 10.8 Å². The molecule has 0 aromatic carbocycles. The van der Waals surface area contributed by atoms with Gasteiger partial charge in [-0.25, -0.2) is 13.9 Å². The number of H-pyrrole nitrogens is 1. The van der Waals surface area contributed by atoms with Crippen molar-refractivity contribution in [2.75, 3.05) is 13.2 Å². The van der Waals surface area contributed by atoms with Gasteiger partial charge < -0.3 is 54.3 Å². The minimum atomic E-state index is -5.63. The van der Waals surface area contributed by atoms with E-state index in [0.29, 0.717) is 0 Å². The molecule has 20 nitrogen and oxygen atoms in total. The maximum absolute atomic E-state index is 12.4. The normalized spacial score (nSPS) is 35.2. The van der Waals surface area contributed by atoms with Gasteiger partial charge in [-0.05, 0) is 12.1 Å². The van der Waals surface area contributed by atoms with Gasteiger partial charge in [-0.3, -0.25) is 23.4 Å². The van der Waals surface area contributed by atoms with Crippen molar-refractivity contribution in [3.8, 4) is 11.3 Å². The summed E-state index contributed by atoms with van der Waals surface area (Å²) in [6.07, 6.45) is -14.5. The molecule has 2 aromatic rings. The fourth-order valence-corrected chi connectivity index (χ4v) is 6.16. The van der Waals surface area contributed by atoms with E-state index in [-0.39, 0.29) is 11.3 Å². The Labute approximate surface area is 227 Å². The molecule has 9 N–H and O–H groups in total. The number of aliphatic hydroxyl groups excluding tert-OH is 6. The lowest BCUT2D eigenvalue weighted by Gasteiger charge is -2.39. The van der Waals surface area contributed by atoms with Gasteiger partial charge in [-0.15, -0.1) is 0 Å². The summed E-state index contributed by atoms with van der Waals surface area (Å²) in [6.45, 7) is -1.97. The molecule has 0 aliphatic carbocycles. The van der Waals surface area contributed by atoms with Gasteiger partial charge in [-0.2, -0.15) is 4.31 Å². The number of nitrogens with zero attached hydrogens (tertiary/aromatic N) is 1. The maximum Gasteiger partial charge on any atom is 0.483 e. The highest BCUT2D eigenvalue weighted by atomic mass is 31.3. The van der Waals surface area contributed by atoms with Crippen LogP contribution in [0.2, 0.25) is 0 Å². The largest absolute Gasteiger partial charge is 0.483 e. The molecular weight excluding hydrogens is 606 g/mol. The average Bonchev–Trinajstić information content (AvgIpc) is 3.52. The number of nitrogens with one attached hydrogen (secondary N) is 1. The predicted molar refractivity (Wildman–Crippen MR) is 126 cm³/mol. The van der Waals surface area contributed by atoms with Crippen LogP contribution < -0.4 is 11.2 Å². The first-order chi connectivity index (χ1) is 19.1. The predicted octanol–water partition coefficient (Wildman–Crippen LogP) is -3.53. The molecule has 4 rings (SSSR count). The van der Waals surface area contributed by atoms with Crippen LogP contribution in [0, 0.1) is 0 Å². The molecule has 0 bridgehead atoms. The topological polar surface area (TPSA) is 310 Å². The monoisotopic (exact) mass is 632 g/mol. The minimum Gasteiger partial charge on any atom is -0.464 e. The molecule has 22 heteroatoms. The fraction of sp³-hybridized carbons (Fsp3) is 0.579.